The second-order valence-electron chi connectivity index (χ2n) is 2.62. The number of nitro benzene ring substituents is 1. The van der Waals surface area contributed by atoms with Crippen LogP contribution in [0.5, 0.6) is 0 Å². The van der Waals surface area contributed by atoms with E-state index in [2.05, 4.69) is 4.74 Å². The van der Waals surface area contributed by atoms with E-state index in [0.29, 0.717) is 0 Å². The zero-order valence-electron chi connectivity index (χ0n) is 8.00. The molecular weight excluding hydrogens is 218 g/mol. The van der Waals surface area contributed by atoms with Crippen LogP contribution in [0.1, 0.15) is 0 Å². The van der Waals surface area contributed by atoms with Gasteiger partial charge in [0.05, 0.1) is 17.8 Å². The molecule has 80 valence electrons. The summed E-state index contributed by atoms with van der Waals surface area (Å²) < 4.78 is 4.47. The van der Waals surface area contributed by atoms with E-state index in [1.807, 2.05) is 0 Å². The Labute approximate surface area is 90.6 Å². The van der Waals surface area contributed by atoms with Crippen molar-refractivity contribution in [3.8, 4) is 0 Å². The van der Waals surface area contributed by atoms with Crippen molar-refractivity contribution in [1.82, 2.24) is 0 Å². The molecule has 0 aliphatic heterocycles. The highest BCUT2D eigenvalue weighted by Crippen LogP contribution is 2.21. The molecule has 0 saturated heterocycles. The summed E-state index contributed by atoms with van der Waals surface area (Å²) in [7, 11) is 1.32. The Bertz CT molecular complexity index is 363. The molecule has 5 nitrogen and oxygen atoms in total. The normalized spacial score (nSPS) is 9.67. The number of hydrogen-bond donors (Lipinski definition) is 0. The molecule has 0 N–H and O–H groups in total. The molecule has 0 fully saturated rings. The summed E-state index contributed by atoms with van der Waals surface area (Å²) in [4.78, 5) is 21.5. The molecular formula is C9H9NO4S. The van der Waals surface area contributed by atoms with Gasteiger partial charge in [0.1, 0.15) is 0 Å². The van der Waals surface area contributed by atoms with Crippen molar-refractivity contribution in [2.75, 3.05) is 12.9 Å². The van der Waals surface area contributed by atoms with Gasteiger partial charge in [0.2, 0.25) is 0 Å². The van der Waals surface area contributed by atoms with Gasteiger partial charge in [-0.25, -0.2) is 0 Å². The molecule has 1 aromatic carbocycles. The number of ether oxygens (including phenoxy) is 1. The number of non-ortho nitro benzene ring substituents is 1. The number of esters is 1. The summed E-state index contributed by atoms with van der Waals surface area (Å²) in [5.41, 5.74) is 0.0393. The van der Waals surface area contributed by atoms with E-state index in [0.717, 1.165) is 4.90 Å². The Hall–Kier alpha value is -1.56. The Morgan fingerprint density at radius 3 is 2.53 bits per heavy atom. The van der Waals surface area contributed by atoms with E-state index in [1.165, 1.54) is 31.0 Å². The smallest absolute Gasteiger partial charge is 0.315 e. The Kier molecular flexibility index (Phi) is 4.11. The second kappa shape index (κ2) is 5.35. The van der Waals surface area contributed by atoms with Gasteiger partial charge in [0.15, 0.2) is 0 Å². The van der Waals surface area contributed by atoms with Gasteiger partial charge in [-0.15, -0.1) is 11.8 Å². The molecule has 0 aliphatic carbocycles. The molecule has 0 aromatic heterocycles. The van der Waals surface area contributed by atoms with Crippen molar-refractivity contribution in [2.24, 2.45) is 0 Å². The molecule has 0 aliphatic rings. The standard InChI is InChI=1S/C9H9NO4S/c1-14-9(11)6-15-8-4-2-7(3-5-8)10(12)13/h2-5H,6H2,1H3. The molecule has 0 amide bonds. The van der Waals surface area contributed by atoms with Crippen molar-refractivity contribution in [2.45, 2.75) is 4.90 Å². The van der Waals surface area contributed by atoms with Crippen LogP contribution < -0.4 is 0 Å². The molecule has 15 heavy (non-hydrogen) atoms. The largest absolute Gasteiger partial charge is 0.468 e. The fraction of sp³-hybridized carbons (Fsp3) is 0.222. The summed E-state index contributed by atoms with van der Waals surface area (Å²) in [6, 6.07) is 6.01. The van der Waals surface area contributed by atoms with Crippen LogP contribution in [0, 0.1) is 10.1 Å². The minimum absolute atomic E-state index is 0.0393. The average molecular weight is 227 g/mol. The molecule has 0 heterocycles. The lowest BCUT2D eigenvalue weighted by Gasteiger charge is -1.99. The summed E-state index contributed by atoms with van der Waals surface area (Å²) in [6.07, 6.45) is 0. The third-order valence-corrected chi connectivity index (χ3v) is 2.62. The first-order valence-electron chi connectivity index (χ1n) is 4.07. The molecule has 6 heteroatoms. The summed E-state index contributed by atoms with van der Waals surface area (Å²) in [6.45, 7) is 0. The second-order valence-corrected chi connectivity index (χ2v) is 3.66. The van der Waals surface area contributed by atoms with E-state index < -0.39 is 4.92 Å². The fourth-order valence-electron chi connectivity index (χ4n) is 0.865. The first-order chi connectivity index (χ1) is 7.13. The van der Waals surface area contributed by atoms with Crippen LogP contribution in [0.4, 0.5) is 5.69 Å². The van der Waals surface area contributed by atoms with Crippen LogP contribution in [0.3, 0.4) is 0 Å². The van der Waals surface area contributed by atoms with E-state index in [1.54, 1.807) is 12.1 Å². The first kappa shape index (κ1) is 11.5. The Balaban J connectivity index is 2.57. The molecule has 1 rings (SSSR count). The van der Waals surface area contributed by atoms with Gasteiger partial charge >= 0.3 is 5.97 Å². The van der Waals surface area contributed by atoms with E-state index in [-0.39, 0.29) is 17.4 Å². The van der Waals surface area contributed by atoms with Crippen molar-refractivity contribution in [1.29, 1.82) is 0 Å². The lowest BCUT2D eigenvalue weighted by molar-refractivity contribution is -0.384. The van der Waals surface area contributed by atoms with Crippen LogP contribution >= 0.6 is 11.8 Å². The third kappa shape index (κ3) is 3.59. The quantitative estimate of drug-likeness (QED) is 0.340. The van der Waals surface area contributed by atoms with Gasteiger partial charge in [-0.2, -0.15) is 0 Å². The van der Waals surface area contributed by atoms with Gasteiger partial charge < -0.3 is 4.74 Å². The SMILES string of the molecule is COC(=O)CSc1ccc([N+](=O)[O-])cc1. The molecule has 0 unspecified atom stereocenters. The molecule has 0 radical (unpaired) electrons. The highest BCUT2D eigenvalue weighted by molar-refractivity contribution is 8.00. The highest BCUT2D eigenvalue weighted by Gasteiger charge is 2.05. The van der Waals surface area contributed by atoms with Gasteiger partial charge in [0.25, 0.3) is 5.69 Å². The monoisotopic (exact) mass is 227 g/mol. The number of rotatable bonds is 4. The Morgan fingerprint density at radius 2 is 2.07 bits per heavy atom. The van der Waals surface area contributed by atoms with Gasteiger partial charge in [-0.3, -0.25) is 14.9 Å². The van der Waals surface area contributed by atoms with Crippen molar-refractivity contribution < 1.29 is 14.5 Å². The summed E-state index contributed by atoms with van der Waals surface area (Å²) >= 11 is 1.28. The third-order valence-electron chi connectivity index (χ3n) is 1.63. The number of hydrogen-bond acceptors (Lipinski definition) is 5. The topological polar surface area (TPSA) is 69.4 Å². The summed E-state index contributed by atoms with van der Waals surface area (Å²) in [5.74, 6) is -0.118. The minimum atomic E-state index is -0.464. The van der Waals surface area contributed by atoms with Gasteiger partial charge in [-0.1, -0.05) is 0 Å². The first-order valence-corrected chi connectivity index (χ1v) is 5.06. The lowest BCUT2D eigenvalue weighted by atomic mass is 10.3. The van der Waals surface area contributed by atoms with Crippen molar-refractivity contribution >= 4 is 23.4 Å². The fourth-order valence-corrected chi connectivity index (χ4v) is 1.60. The zero-order chi connectivity index (χ0) is 11.3. The number of nitro groups is 1. The Morgan fingerprint density at radius 1 is 1.47 bits per heavy atom. The van der Waals surface area contributed by atoms with Crippen molar-refractivity contribution in [3.63, 3.8) is 0 Å². The molecule has 0 atom stereocenters. The number of thioether (sulfide) groups is 1. The van der Waals surface area contributed by atoms with Crippen LogP contribution in [-0.4, -0.2) is 23.8 Å². The molecule has 1 aromatic rings. The molecule has 0 saturated carbocycles. The molecule has 0 bridgehead atoms. The van der Waals surface area contributed by atoms with E-state index in [9.17, 15) is 14.9 Å². The number of nitrogens with zero attached hydrogens (tertiary/aromatic N) is 1. The van der Waals surface area contributed by atoms with Gasteiger partial charge in [-0.05, 0) is 12.1 Å². The van der Waals surface area contributed by atoms with Crippen LogP contribution in [0.2, 0.25) is 0 Å². The lowest BCUT2D eigenvalue weighted by Crippen LogP contribution is -2.02. The summed E-state index contributed by atoms with van der Waals surface area (Å²) in [5, 5.41) is 10.3. The predicted octanol–water partition coefficient (Wildman–Crippen LogP) is 1.86. The predicted molar refractivity (Wildman–Crippen MR) is 55.8 cm³/mol. The van der Waals surface area contributed by atoms with Crippen LogP contribution in [0.25, 0.3) is 0 Å². The van der Waals surface area contributed by atoms with E-state index in [4.69, 9.17) is 0 Å². The highest BCUT2D eigenvalue weighted by atomic mass is 32.2. The maximum Gasteiger partial charge on any atom is 0.315 e. The number of carbonyl (C=O) groups is 1. The zero-order valence-corrected chi connectivity index (χ0v) is 8.82. The van der Waals surface area contributed by atoms with Crippen molar-refractivity contribution in [3.05, 3.63) is 34.4 Å². The average Bonchev–Trinajstić information content (AvgIpc) is 2.26. The molecule has 0 spiro atoms. The van der Waals surface area contributed by atoms with Crippen LogP contribution in [0.15, 0.2) is 29.2 Å². The minimum Gasteiger partial charge on any atom is -0.468 e. The van der Waals surface area contributed by atoms with E-state index >= 15 is 0 Å². The maximum atomic E-state index is 10.8. The number of benzene rings is 1. The number of methoxy groups -OCH3 is 1. The number of carbonyl (C=O) groups excluding carboxylic acids is 1. The van der Waals surface area contributed by atoms with Crippen LogP contribution in [-0.2, 0) is 9.53 Å². The van der Waals surface area contributed by atoms with Gasteiger partial charge in [0, 0.05) is 17.0 Å². The maximum absolute atomic E-state index is 10.8.